The summed E-state index contributed by atoms with van der Waals surface area (Å²) in [6, 6.07) is 0. The zero-order valence-electron chi connectivity index (χ0n) is 13.9. The quantitative estimate of drug-likeness (QED) is 0.476. The van der Waals surface area contributed by atoms with Gasteiger partial charge in [0.15, 0.2) is 0 Å². The van der Waals surface area contributed by atoms with Crippen molar-refractivity contribution in [3.05, 3.63) is 12.2 Å². The van der Waals surface area contributed by atoms with Gasteiger partial charge in [0.05, 0.1) is 12.0 Å². The number of ketones is 1. The van der Waals surface area contributed by atoms with E-state index < -0.39 is 17.5 Å². The highest BCUT2D eigenvalue weighted by Crippen LogP contribution is 2.33. The molecule has 3 atom stereocenters. The number of aliphatic carboxylic acids is 1. The fraction of sp³-hybridized carbons (Fsp3) is 0.778. The molecule has 2 N–H and O–H groups in total. The molecule has 0 aromatic rings. The Bertz CT molecular complexity index is 402. The van der Waals surface area contributed by atoms with Gasteiger partial charge in [-0.3, -0.25) is 9.59 Å². The summed E-state index contributed by atoms with van der Waals surface area (Å²) in [7, 11) is 0. The number of carbonyl (C=O) groups excluding carboxylic acids is 1. The molecule has 1 aliphatic carbocycles. The molecular weight excluding hydrogens is 280 g/mol. The largest absolute Gasteiger partial charge is 0.481 e. The molecule has 1 rings (SSSR count). The molecule has 0 aliphatic heterocycles. The lowest BCUT2D eigenvalue weighted by atomic mass is 9.87. The zero-order valence-corrected chi connectivity index (χ0v) is 13.9. The van der Waals surface area contributed by atoms with Crippen molar-refractivity contribution >= 4 is 11.8 Å². The summed E-state index contributed by atoms with van der Waals surface area (Å²) < 4.78 is 0. The number of allylic oxidation sites excluding steroid dienone is 1. The number of hydrogen-bond donors (Lipinski definition) is 2. The van der Waals surface area contributed by atoms with Crippen molar-refractivity contribution in [1.29, 1.82) is 0 Å². The molecule has 0 radical (unpaired) electrons. The van der Waals surface area contributed by atoms with E-state index in [1.165, 1.54) is 12.8 Å². The number of carboxylic acids is 1. The Morgan fingerprint density at radius 2 is 2.05 bits per heavy atom. The molecule has 0 amide bonds. The first kappa shape index (κ1) is 18.9. The van der Waals surface area contributed by atoms with Crippen LogP contribution in [-0.4, -0.2) is 27.6 Å². The average Bonchev–Trinajstić information content (AvgIpc) is 2.82. The maximum absolute atomic E-state index is 11.8. The minimum absolute atomic E-state index is 0.0417. The van der Waals surface area contributed by atoms with Gasteiger partial charge in [-0.15, -0.1) is 0 Å². The molecule has 4 heteroatoms. The second kappa shape index (κ2) is 9.09. The highest BCUT2D eigenvalue weighted by atomic mass is 16.4. The highest BCUT2D eigenvalue weighted by molar-refractivity contribution is 5.87. The van der Waals surface area contributed by atoms with Crippen LogP contribution in [0.3, 0.4) is 0 Å². The van der Waals surface area contributed by atoms with E-state index >= 15 is 0 Å². The van der Waals surface area contributed by atoms with Crippen molar-refractivity contribution in [2.24, 2.45) is 11.8 Å². The molecule has 0 aromatic heterocycles. The van der Waals surface area contributed by atoms with Gasteiger partial charge in [0.1, 0.15) is 5.78 Å². The first-order chi connectivity index (χ1) is 10.4. The molecule has 0 bridgehead atoms. The van der Waals surface area contributed by atoms with Crippen molar-refractivity contribution in [3.63, 3.8) is 0 Å². The zero-order chi connectivity index (χ0) is 16.6. The molecule has 1 unspecified atom stereocenters. The Balaban J connectivity index is 2.61. The van der Waals surface area contributed by atoms with Crippen LogP contribution in [-0.2, 0) is 9.59 Å². The average molecular weight is 310 g/mol. The third-order valence-corrected chi connectivity index (χ3v) is 4.78. The second-order valence-electron chi connectivity index (χ2n) is 6.50. The Morgan fingerprint density at radius 3 is 2.64 bits per heavy atom. The number of aliphatic hydroxyl groups is 1. The summed E-state index contributed by atoms with van der Waals surface area (Å²) in [5, 5.41) is 19.6. The van der Waals surface area contributed by atoms with E-state index in [0.29, 0.717) is 19.3 Å². The van der Waals surface area contributed by atoms with Crippen molar-refractivity contribution in [2.75, 3.05) is 0 Å². The number of carboxylic acid groups (broad SMARTS) is 1. The predicted molar refractivity (Wildman–Crippen MR) is 86.6 cm³/mol. The van der Waals surface area contributed by atoms with E-state index in [0.717, 1.165) is 19.3 Å². The van der Waals surface area contributed by atoms with E-state index in [-0.39, 0.29) is 18.1 Å². The molecule has 0 heterocycles. The molecule has 1 saturated carbocycles. The molecule has 4 nitrogen and oxygen atoms in total. The number of hydrogen-bond acceptors (Lipinski definition) is 3. The van der Waals surface area contributed by atoms with Crippen LogP contribution in [0.15, 0.2) is 12.2 Å². The third kappa shape index (κ3) is 5.91. The van der Waals surface area contributed by atoms with Gasteiger partial charge in [-0.25, -0.2) is 0 Å². The van der Waals surface area contributed by atoms with Gasteiger partial charge >= 0.3 is 5.97 Å². The lowest BCUT2D eigenvalue weighted by Crippen LogP contribution is -2.25. The maximum atomic E-state index is 11.8. The molecule has 0 spiro atoms. The molecule has 22 heavy (non-hydrogen) atoms. The molecule has 1 aliphatic rings. The van der Waals surface area contributed by atoms with Crippen LogP contribution in [0, 0.1) is 11.8 Å². The lowest BCUT2D eigenvalue weighted by Gasteiger charge is -2.24. The van der Waals surface area contributed by atoms with Crippen molar-refractivity contribution in [2.45, 2.75) is 77.2 Å². The van der Waals surface area contributed by atoms with Crippen LogP contribution in [0.4, 0.5) is 0 Å². The summed E-state index contributed by atoms with van der Waals surface area (Å²) in [6.45, 7) is 4.12. The van der Waals surface area contributed by atoms with Gasteiger partial charge in [-0.1, -0.05) is 51.7 Å². The SMILES string of the molecule is CCCCCCC(O)(C=C[C@@H]1CCC(=O)[C@H]1CC(=O)O)CC. The van der Waals surface area contributed by atoms with Crippen LogP contribution in [0.1, 0.15) is 71.6 Å². The van der Waals surface area contributed by atoms with Crippen LogP contribution < -0.4 is 0 Å². The maximum Gasteiger partial charge on any atom is 0.304 e. The summed E-state index contributed by atoms with van der Waals surface area (Å²) in [5.41, 5.74) is -0.826. The Labute approximate surface area is 133 Å². The van der Waals surface area contributed by atoms with Gasteiger partial charge in [0, 0.05) is 12.3 Å². The number of rotatable bonds is 10. The highest BCUT2D eigenvalue weighted by Gasteiger charge is 2.35. The van der Waals surface area contributed by atoms with Crippen molar-refractivity contribution in [1.82, 2.24) is 0 Å². The molecular formula is C18H30O4. The van der Waals surface area contributed by atoms with Crippen LogP contribution in [0.25, 0.3) is 0 Å². The monoisotopic (exact) mass is 310 g/mol. The standard InChI is InChI=1S/C18H30O4/c1-3-5-6-7-11-18(22,4-2)12-10-14-8-9-16(19)15(14)13-17(20)21/h10,12,14-15,22H,3-9,11,13H2,1-2H3,(H,20,21)/t14-,15-,18?/m0/s1. The minimum atomic E-state index is -0.927. The fourth-order valence-electron chi connectivity index (χ4n) is 3.16. The van der Waals surface area contributed by atoms with Crippen molar-refractivity contribution in [3.8, 4) is 0 Å². The first-order valence-corrected chi connectivity index (χ1v) is 8.58. The van der Waals surface area contributed by atoms with Gasteiger partial charge in [0.2, 0.25) is 0 Å². The van der Waals surface area contributed by atoms with Crippen LogP contribution in [0.2, 0.25) is 0 Å². The Hall–Kier alpha value is -1.16. The number of unbranched alkanes of at least 4 members (excludes halogenated alkanes) is 3. The van der Waals surface area contributed by atoms with Gasteiger partial charge in [0.25, 0.3) is 0 Å². The van der Waals surface area contributed by atoms with E-state index in [4.69, 9.17) is 5.11 Å². The van der Waals surface area contributed by atoms with Crippen LogP contribution in [0.5, 0.6) is 0 Å². The van der Waals surface area contributed by atoms with E-state index in [2.05, 4.69) is 6.92 Å². The Kier molecular flexibility index (Phi) is 7.80. The Morgan fingerprint density at radius 1 is 1.32 bits per heavy atom. The lowest BCUT2D eigenvalue weighted by molar-refractivity contribution is -0.140. The van der Waals surface area contributed by atoms with Crippen molar-refractivity contribution < 1.29 is 19.8 Å². The van der Waals surface area contributed by atoms with Gasteiger partial charge < -0.3 is 10.2 Å². The third-order valence-electron chi connectivity index (χ3n) is 4.78. The van der Waals surface area contributed by atoms with Gasteiger partial charge in [-0.2, -0.15) is 0 Å². The van der Waals surface area contributed by atoms with E-state index in [1.54, 1.807) is 0 Å². The first-order valence-electron chi connectivity index (χ1n) is 8.58. The van der Waals surface area contributed by atoms with Crippen LogP contribution >= 0.6 is 0 Å². The molecule has 126 valence electrons. The van der Waals surface area contributed by atoms with E-state index in [9.17, 15) is 14.7 Å². The van der Waals surface area contributed by atoms with E-state index in [1.807, 2.05) is 19.1 Å². The predicted octanol–water partition coefficient (Wildman–Crippen LogP) is 3.72. The normalized spacial score (nSPS) is 24.8. The summed E-state index contributed by atoms with van der Waals surface area (Å²) in [6.07, 6.45) is 10.6. The fourth-order valence-corrected chi connectivity index (χ4v) is 3.16. The summed E-state index contributed by atoms with van der Waals surface area (Å²) >= 11 is 0. The second-order valence-corrected chi connectivity index (χ2v) is 6.50. The van der Waals surface area contributed by atoms with Gasteiger partial charge in [-0.05, 0) is 25.2 Å². The number of Topliss-reactive ketones (excluding diaryl/α,β-unsaturated/α-hetero) is 1. The topological polar surface area (TPSA) is 74.6 Å². The summed E-state index contributed by atoms with van der Waals surface area (Å²) in [5.74, 6) is -1.35. The smallest absolute Gasteiger partial charge is 0.304 e. The number of carbonyl (C=O) groups is 2. The molecule has 0 aromatic carbocycles. The summed E-state index contributed by atoms with van der Waals surface area (Å²) in [4.78, 5) is 22.7. The minimum Gasteiger partial charge on any atom is -0.481 e. The molecule has 1 fully saturated rings. The molecule has 0 saturated heterocycles.